The molecule has 1 fully saturated rings. The van der Waals surface area contributed by atoms with Crippen LogP contribution in [0.1, 0.15) is 48.3 Å². The van der Waals surface area contributed by atoms with Gasteiger partial charge >= 0.3 is 5.97 Å². The van der Waals surface area contributed by atoms with Crippen molar-refractivity contribution in [1.29, 1.82) is 0 Å². The Balaban J connectivity index is 1.99. The third-order valence-electron chi connectivity index (χ3n) is 3.37. The maximum absolute atomic E-state index is 11.1. The molecule has 1 heterocycles. The van der Waals surface area contributed by atoms with E-state index in [0.29, 0.717) is 16.8 Å². The minimum Gasteiger partial charge on any atom is -0.477 e. The summed E-state index contributed by atoms with van der Waals surface area (Å²) < 4.78 is 0. The van der Waals surface area contributed by atoms with Crippen molar-refractivity contribution in [2.75, 3.05) is 6.54 Å². The SMILES string of the molecule is CC(C)CCN(Cc1ccsc1C(=O)O)C1CC1. The van der Waals surface area contributed by atoms with E-state index in [4.69, 9.17) is 5.11 Å². The van der Waals surface area contributed by atoms with E-state index in [1.165, 1.54) is 30.6 Å². The molecule has 1 aromatic heterocycles. The van der Waals surface area contributed by atoms with Gasteiger partial charge in [0, 0.05) is 12.6 Å². The van der Waals surface area contributed by atoms with Gasteiger partial charge in [0.05, 0.1) is 0 Å². The molecule has 2 rings (SSSR count). The first-order valence-corrected chi connectivity index (χ1v) is 7.49. The van der Waals surface area contributed by atoms with Gasteiger partial charge in [0.1, 0.15) is 4.88 Å². The molecule has 0 bridgehead atoms. The van der Waals surface area contributed by atoms with Gasteiger partial charge in [-0.2, -0.15) is 0 Å². The van der Waals surface area contributed by atoms with E-state index in [0.717, 1.165) is 18.7 Å². The van der Waals surface area contributed by atoms with Gasteiger partial charge in [-0.3, -0.25) is 4.90 Å². The van der Waals surface area contributed by atoms with Crippen molar-refractivity contribution in [2.45, 2.75) is 45.7 Å². The van der Waals surface area contributed by atoms with Gasteiger partial charge < -0.3 is 5.11 Å². The molecule has 1 saturated carbocycles. The maximum atomic E-state index is 11.1. The number of hydrogen-bond donors (Lipinski definition) is 1. The van der Waals surface area contributed by atoms with Crippen molar-refractivity contribution in [3.63, 3.8) is 0 Å². The van der Waals surface area contributed by atoms with E-state index in [1.54, 1.807) is 0 Å². The molecule has 0 saturated heterocycles. The van der Waals surface area contributed by atoms with E-state index in [1.807, 2.05) is 11.4 Å². The molecule has 0 atom stereocenters. The van der Waals surface area contributed by atoms with Gasteiger partial charge in [-0.15, -0.1) is 11.3 Å². The van der Waals surface area contributed by atoms with Gasteiger partial charge in [0.25, 0.3) is 0 Å². The minimum absolute atomic E-state index is 0.505. The van der Waals surface area contributed by atoms with Crippen molar-refractivity contribution in [3.8, 4) is 0 Å². The van der Waals surface area contributed by atoms with Crippen LogP contribution < -0.4 is 0 Å². The molecule has 0 spiro atoms. The molecule has 3 nitrogen and oxygen atoms in total. The Bertz CT molecular complexity index is 410. The Hall–Kier alpha value is -0.870. The molecule has 1 N–H and O–H groups in total. The van der Waals surface area contributed by atoms with Gasteiger partial charge in [0.2, 0.25) is 0 Å². The Morgan fingerprint density at radius 2 is 2.28 bits per heavy atom. The molecular weight excluding hydrogens is 246 g/mol. The molecule has 0 amide bonds. The van der Waals surface area contributed by atoms with E-state index in [2.05, 4.69) is 18.7 Å². The molecule has 1 aromatic rings. The largest absolute Gasteiger partial charge is 0.477 e. The summed E-state index contributed by atoms with van der Waals surface area (Å²) in [7, 11) is 0. The van der Waals surface area contributed by atoms with Crippen molar-refractivity contribution in [3.05, 3.63) is 21.9 Å². The standard InChI is InChI=1S/C14H21NO2S/c1-10(2)5-7-15(12-3-4-12)9-11-6-8-18-13(11)14(16)17/h6,8,10,12H,3-5,7,9H2,1-2H3,(H,16,17). The van der Waals surface area contributed by atoms with E-state index < -0.39 is 5.97 Å². The molecule has 100 valence electrons. The van der Waals surface area contributed by atoms with Crippen molar-refractivity contribution >= 4 is 17.3 Å². The number of hydrogen-bond acceptors (Lipinski definition) is 3. The minimum atomic E-state index is -0.792. The van der Waals surface area contributed by atoms with Gasteiger partial charge in [-0.05, 0) is 48.7 Å². The van der Waals surface area contributed by atoms with Crippen LogP contribution in [-0.2, 0) is 6.54 Å². The van der Waals surface area contributed by atoms with Crippen molar-refractivity contribution in [2.24, 2.45) is 5.92 Å². The first kappa shape index (κ1) is 13.6. The number of rotatable bonds is 7. The summed E-state index contributed by atoms with van der Waals surface area (Å²) in [6.07, 6.45) is 3.72. The number of nitrogens with zero attached hydrogens (tertiary/aromatic N) is 1. The van der Waals surface area contributed by atoms with E-state index in [-0.39, 0.29) is 0 Å². The fourth-order valence-electron chi connectivity index (χ4n) is 2.12. The van der Waals surface area contributed by atoms with Gasteiger partial charge in [-0.1, -0.05) is 13.8 Å². The average Bonchev–Trinajstić information content (AvgIpc) is 3.03. The Labute approximate surface area is 112 Å². The van der Waals surface area contributed by atoms with E-state index >= 15 is 0 Å². The van der Waals surface area contributed by atoms with Gasteiger partial charge in [0.15, 0.2) is 0 Å². The molecule has 0 unspecified atom stereocenters. The third-order valence-corrected chi connectivity index (χ3v) is 4.32. The Kier molecular flexibility index (Phi) is 4.40. The Morgan fingerprint density at radius 3 is 2.83 bits per heavy atom. The second-order valence-electron chi connectivity index (χ2n) is 5.46. The monoisotopic (exact) mass is 267 g/mol. The molecule has 18 heavy (non-hydrogen) atoms. The van der Waals surface area contributed by atoms with Crippen LogP contribution in [0.5, 0.6) is 0 Å². The zero-order valence-electron chi connectivity index (χ0n) is 11.1. The van der Waals surface area contributed by atoms with Crippen LogP contribution in [0.25, 0.3) is 0 Å². The molecule has 0 aliphatic heterocycles. The number of carboxylic acid groups (broad SMARTS) is 1. The first-order valence-electron chi connectivity index (χ1n) is 6.61. The van der Waals surface area contributed by atoms with Crippen molar-refractivity contribution < 1.29 is 9.90 Å². The van der Waals surface area contributed by atoms with Crippen LogP contribution in [0.2, 0.25) is 0 Å². The van der Waals surface area contributed by atoms with Crippen LogP contribution in [0.3, 0.4) is 0 Å². The summed E-state index contributed by atoms with van der Waals surface area (Å²) in [5.74, 6) is -0.0905. The Morgan fingerprint density at radius 1 is 1.56 bits per heavy atom. The highest BCUT2D eigenvalue weighted by Crippen LogP contribution is 2.30. The highest BCUT2D eigenvalue weighted by atomic mass is 32.1. The highest BCUT2D eigenvalue weighted by Gasteiger charge is 2.29. The molecule has 0 radical (unpaired) electrons. The number of aromatic carboxylic acids is 1. The highest BCUT2D eigenvalue weighted by molar-refractivity contribution is 7.12. The summed E-state index contributed by atoms with van der Waals surface area (Å²) in [5.41, 5.74) is 0.975. The van der Waals surface area contributed by atoms with Crippen LogP contribution >= 0.6 is 11.3 Å². The summed E-state index contributed by atoms with van der Waals surface area (Å²) in [5, 5.41) is 11.0. The predicted octanol–water partition coefficient (Wildman–Crippen LogP) is 3.46. The van der Waals surface area contributed by atoms with E-state index in [9.17, 15) is 4.79 Å². The van der Waals surface area contributed by atoms with Crippen LogP contribution in [0, 0.1) is 5.92 Å². The summed E-state index contributed by atoms with van der Waals surface area (Å²) in [6, 6.07) is 2.64. The summed E-state index contributed by atoms with van der Waals surface area (Å²) in [4.78, 5) is 14.1. The van der Waals surface area contributed by atoms with Crippen LogP contribution in [0.4, 0.5) is 0 Å². The smallest absolute Gasteiger partial charge is 0.346 e. The lowest BCUT2D eigenvalue weighted by atomic mass is 10.1. The van der Waals surface area contributed by atoms with Crippen LogP contribution in [-0.4, -0.2) is 28.6 Å². The molecular formula is C14H21NO2S. The summed E-state index contributed by atoms with van der Waals surface area (Å²) >= 11 is 1.33. The molecule has 4 heteroatoms. The molecule has 0 aromatic carbocycles. The number of carboxylic acids is 1. The second-order valence-corrected chi connectivity index (χ2v) is 6.38. The maximum Gasteiger partial charge on any atom is 0.346 e. The molecule has 1 aliphatic carbocycles. The van der Waals surface area contributed by atoms with Gasteiger partial charge in [-0.25, -0.2) is 4.79 Å². The lowest BCUT2D eigenvalue weighted by molar-refractivity contribution is 0.0699. The number of carbonyl (C=O) groups is 1. The third kappa shape index (κ3) is 3.56. The zero-order valence-corrected chi connectivity index (χ0v) is 11.9. The van der Waals surface area contributed by atoms with Crippen LogP contribution in [0.15, 0.2) is 11.4 Å². The lowest BCUT2D eigenvalue weighted by Gasteiger charge is -2.22. The molecule has 1 aliphatic rings. The first-order chi connectivity index (χ1) is 8.58. The second kappa shape index (κ2) is 5.85. The van der Waals surface area contributed by atoms with Crippen molar-refractivity contribution in [1.82, 2.24) is 4.90 Å². The zero-order chi connectivity index (χ0) is 13.1. The normalized spacial score (nSPS) is 15.6. The summed E-state index contributed by atoms with van der Waals surface area (Å²) in [6.45, 7) is 6.34. The fraction of sp³-hybridized carbons (Fsp3) is 0.643. The fourth-order valence-corrected chi connectivity index (χ4v) is 2.87. The lowest BCUT2D eigenvalue weighted by Crippen LogP contribution is -2.28. The predicted molar refractivity (Wildman–Crippen MR) is 74.2 cm³/mol. The quantitative estimate of drug-likeness (QED) is 0.822. The topological polar surface area (TPSA) is 40.5 Å². The average molecular weight is 267 g/mol. The number of thiophene rings is 1.